The van der Waals surface area contributed by atoms with Crippen LogP contribution in [0.5, 0.6) is 0 Å². The molecule has 0 spiro atoms. The van der Waals surface area contributed by atoms with Crippen LogP contribution in [0.2, 0.25) is 5.02 Å². The van der Waals surface area contributed by atoms with E-state index in [4.69, 9.17) is 11.6 Å². The van der Waals surface area contributed by atoms with Crippen molar-refractivity contribution in [3.8, 4) is 0 Å². The number of hydrazine groups is 1. The maximum atomic E-state index is 13.1. The lowest BCUT2D eigenvalue weighted by molar-refractivity contribution is -0.119. The van der Waals surface area contributed by atoms with Crippen molar-refractivity contribution in [2.45, 2.75) is 6.42 Å². The molecule has 1 aromatic carbocycles. The molecule has 74 valence electrons. The van der Waals surface area contributed by atoms with Crippen LogP contribution < -0.4 is 10.4 Å². The Kier molecular flexibility index (Phi) is 2.29. The van der Waals surface area contributed by atoms with Crippen LogP contribution in [0.4, 0.5) is 10.1 Å². The topological polar surface area (TPSA) is 32.3 Å². The summed E-state index contributed by atoms with van der Waals surface area (Å²) in [7, 11) is 0. The Morgan fingerprint density at radius 2 is 2.29 bits per heavy atom. The number of hydrogen-bond donors (Lipinski definition) is 1. The molecule has 1 amide bonds. The Labute approximate surface area is 85.4 Å². The van der Waals surface area contributed by atoms with Gasteiger partial charge in [-0.15, -0.1) is 0 Å². The number of nitrogens with zero attached hydrogens (tertiary/aromatic N) is 1. The molecule has 1 aliphatic heterocycles. The van der Waals surface area contributed by atoms with Gasteiger partial charge in [0.25, 0.3) is 0 Å². The highest BCUT2D eigenvalue weighted by atomic mass is 35.5. The number of rotatable bonds is 1. The van der Waals surface area contributed by atoms with E-state index in [-0.39, 0.29) is 10.9 Å². The zero-order chi connectivity index (χ0) is 10.1. The summed E-state index contributed by atoms with van der Waals surface area (Å²) in [6.45, 7) is 0.555. The average molecular weight is 215 g/mol. The smallest absolute Gasteiger partial charge is 0.240 e. The lowest BCUT2D eigenvalue weighted by Crippen LogP contribution is -2.32. The van der Waals surface area contributed by atoms with Crippen LogP contribution in [-0.2, 0) is 4.79 Å². The zero-order valence-corrected chi connectivity index (χ0v) is 8.01. The Hall–Kier alpha value is -1.29. The van der Waals surface area contributed by atoms with Gasteiger partial charge < -0.3 is 0 Å². The number of carbonyl (C=O) groups excluding carboxylic acids is 1. The fraction of sp³-hybridized carbons (Fsp3) is 0.222. The number of anilines is 1. The van der Waals surface area contributed by atoms with Crippen molar-refractivity contribution in [1.29, 1.82) is 0 Å². The molecule has 1 aliphatic rings. The number of hydrogen-bond acceptors (Lipinski definition) is 2. The molecule has 1 N–H and O–H groups in total. The monoisotopic (exact) mass is 214 g/mol. The predicted molar refractivity (Wildman–Crippen MR) is 51.5 cm³/mol. The third-order valence-electron chi connectivity index (χ3n) is 2.04. The molecule has 1 aromatic rings. The van der Waals surface area contributed by atoms with Crippen molar-refractivity contribution in [3.63, 3.8) is 0 Å². The Balaban J connectivity index is 2.24. The van der Waals surface area contributed by atoms with Gasteiger partial charge in [0.05, 0.1) is 10.7 Å². The number of halogens is 2. The van der Waals surface area contributed by atoms with Crippen LogP contribution in [-0.4, -0.2) is 12.5 Å². The Morgan fingerprint density at radius 1 is 1.50 bits per heavy atom. The molecule has 0 atom stereocenters. The second kappa shape index (κ2) is 3.46. The van der Waals surface area contributed by atoms with Crippen molar-refractivity contribution < 1.29 is 9.18 Å². The molecular weight excluding hydrogens is 207 g/mol. The highest BCUT2D eigenvalue weighted by Gasteiger charge is 2.19. The van der Waals surface area contributed by atoms with Crippen molar-refractivity contribution >= 4 is 23.2 Å². The van der Waals surface area contributed by atoms with Gasteiger partial charge in [0.2, 0.25) is 5.91 Å². The first-order valence-electron chi connectivity index (χ1n) is 4.19. The quantitative estimate of drug-likeness (QED) is 0.772. The molecule has 14 heavy (non-hydrogen) atoms. The molecule has 1 saturated heterocycles. The maximum Gasteiger partial charge on any atom is 0.240 e. The third kappa shape index (κ3) is 1.65. The summed E-state index contributed by atoms with van der Waals surface area (Å²) in [5.74, 6) is -0.536. The second-order valence-electron chi connectivity index (χ2n) is 3.04. The summed E-state index contributed by atoms with van der Waals surface area (Å²) in [5, 5.41) is 1.68. The Morgan fingerprint density at radius 3 is 2.86 bits per heavy atom. The van der Waals surface area contributed by atoms with Gasteiger partial charge in [0.15, 0.2) is 0 Å². The molecule has 0 saturated carbocycles. The minimum absolute atomic E-state index is 0.0552. The van der Waals surface area contributed by atoms with Gasteiger partial charge in [-0.05, 0) is 12.1 Å². The third-order valence-corrected chi connectivity index (χ3v) is 2.34. The Bertz CT molecular complexity index is 383. The van der Waals surface area contributed by atoms with Gasteiger partial charge >= 0.3 is 0 Å². The van der Waals surface area contributed by atoms with E-state index >= 15 is 0 Å². The summed E-state index contributed by atoms with van der Waals surface area (Å²) in [6, 6.07) is 4.43. The largest absolute Gasteiger partial charge is 0.285 e. The number of amides is 1. The predicted octanol–water partition coefficient (Wildman–Crippen LogP) is 1.72. The number of carbonyl (C=O) groups is 1. The van der Waals surface area contributed by atoms with Gasteiger partial charge in [-0.3, -0.25) is 15.2 Å². The van der Waals surface area contributed by atoms with Gasteiger partial charge in [0, 0.05) is 19.0 Å². The normalized spacial score (nSPS) is 15.9. The molecule has 1 heterocycles. The molecule has 0 radical (unpaired) electrons. The van der Waals surface area contributed by atoms with E-state index in [1.54, 1.807) is 11.1 Å². The summed E-state index contributed by atoms with van der Waals surface area (Å²) in [4.78, 5) is 10.9. The molecule has 2 rings (SSSR count). The van der Waals surface area contributed by atoms with E-state index in [0.29, 0.717) is 18.7 Å². The van der Waals surface area contributed by atoms with E-state index in [1.807, 2.05) is 0 Å². The van der Waals surface area contributed by atoms with Crippen LogP contribution in [0.15, 0.2) is 18.2 Å². The lowest BCUT2D eigenvalue weighted by Gasteiger charge is -2.17. The van der Waals surface area contributed by atoms with Crippen LogP contribution >= 0.6 is 11.6 Å². The van der Waals surface area contributed by atoms with Gasteiger partial charge in [-0.25, -0.2) is 4.39 Å². The van der Waals surface area contributed by atoms with Crippen molar-refractivity contribution in [2.24, 2.45) is 0 Å². The highest BCUT2D eigenvalue weighted by Crippen LogP contribution is 2.22. The van der Waals surface area contributed by atoms with Gasteiger partial charge in [0.1, 0.15) is 5.82 Å². The molecule has 3 nitrogen and oxygen atoms in total. The molecule has 5 heteroatoms. The molecule has 1 fully saturated rings. The van der Waals surface area contributed by atoms with E-state index < -0.39 is 5.82 Å². The summed E-state index contributed by atoms with van der Waals surface area (Å²) in [5.41, 5.74) is 3.21. The van der Waals surface area contributed by atoms with Crippen molar-refractivity contribution in [3.05, 3.63) is 29.0 Å². The maximum absolute atomic E-state index is 13.1. The highest BCUT2D eigenvalue weighted by molar-refractivity contribution is 6.30. The van der Waals surface area contributed by atoms with Crippen LogP contribution in [0.25, 0.3) is 0 Å². The molecule has 0 aromatic heterocycles. The standard InChI is InChI=1S/C9H8ClFN2O/c10-7-2-1-6(5-8(7)11)13-4-3-9(14)12-13/h1-2,5H,3-4H2,(H,12,14). The van der Waals surface area contributed by atoms with Crippen molar-refractivity contribution in [1.82, 2.24) is 5.43 Å². The fourth-order valence-electron chi connectivity index (χ4n) is 1.32. The molecule has 0 unspecified atom stereocenters. The minimum Gasteiger partial charge on any atom is -0.285 e. The summed E-state index contributed by atoms with van der Waals surface area (Å²) >= 11 is 5.54. The van der Waals surface area contributed by atoms with Crippen LogP contribution in [0, 0.1) is 5.82 Å². The van der Waals surface area contributed by atoms with Gasteiger partial charge in [-0.1, -0.05) is 11.6 Å². The molecular formula is C9H8ClFN2O. The SMILES string of the molecule is O=C1CCN(c2ccc(Cl)c(F)c2)N1. The van der Waals surface area contributed by atoms with E-state index in [0.717, 1.165) is 0 Å². The summed E-state index contributed by atoms with van der Waals surface area (Å²) < 4.78 is 13.1. The minimum atomic E-state index is -0.481. The van der Waals surface area contributed by atoms with Crippen LogP contribution in [0.1, 0.15) is 6.42 Å². The fourth-order valence-corrected chi connectivity index (χ4v) is 1.44. The first-order valence-corrected chi connectivity index (χ1v) is 4.57. The van der Waals surface area contributed by atoms with Gasteiger partial charge in [-0.2, -0.15) is 0 Å². The molecule has 0 aliphatic carbocycles. The first kappa shape index (κ1) is 9.27. The van der Waals surface area contributed by atoms with E-state index in [2.05, 4.69) is 5.43 Å². The van der Waals surface area contributed by atoms with Crippen molar-refractivity contribution in [2.75, 3.05) is 11.6 Å². The molecule has 0 bridgehead atoms. The zero-order valence-electron chi connectivity index (χ0n) is 7.26. The van der Waals surface area contributed by atoms with Crippen LogP contribution in [0.3, 0.4) is 0 Å². The van der Waals surface area contributed by atoms with E-state index in [1.165, 1.54) is 12.1 Å². The first-order chi connectivity index (χ1) is 6.66. The van der Waals surface area contributed by atoms with E-state index in [9.17, 15) is 9.18 Å². The number of benzene rings is 1. The second-order valence-corrected chi connectivity index (χ2v) is 3.44. The average Bonchev–Trinajstić information content (AvgIpc) is 2.57. The lowest BCUT2D eigenvalue weighted by atomic mass is 10.3. The number of nitrogens with one attached hydrogen (secondary N) is 1. The summed E-state index contributed by atoms with van der Waals surface area (Å²) in [6.07, 6.45) is 0.435.